The van der Waals surface area contributed by atoms with Gasteiger partial charge in [-0.05, 0) is 38.5 Å². The maximum atomic E-state index is 12.3. The van der Waals surface area contributed by atoms with Gasteiger partial charge >= 0.3 is 0 Å². The zero-order valence-corrected chi connectivity index (χ0v) is 13.5. The second kappa shape index (κ2) is 6.68. The van der Waals surface area contributed by atoms with Crippen LogP contribution in [0.3, 0.4) is 0 Å². The summed E-state index contributed by atoms with van der Waals surface area (Å²) in [6, 6.07) is 0. The topological polar surface area (TPSA) is 92.8 Å². The molecule has 3 heterocycles. The van der Waals surface area contributed by atoms with Crippen molar-refractivity contribution in [2.24, 2.45) is 0 Å². The van der Waals surface area contributed by atoms with Crippen LogP contribution in [-0.4, -0.2) is 32.7 Å². The molecule has 4 rings (SSSR count). The van der Waals surface area contributed by atoms with Crippen LogP contribution in [0.25, 0.3) is 0 Å². The number of nitrogens with zero attached hydrogens (tertiary/aromatic N) is 3. The van der Waals surface area contributed by atoms with E-state index in [1.54, 1.807) is 12.4 Å². The monoisotopic (exact) mass is 327 g/mol. The summed E-state index contributed by atoms with van der Waals surface area (Å²) in [6.07, 6.45) is 9.75. The highest BCUT2D eigenvalue weighted by atomic mass is 16.5. The SMILES string of the molecule is O=C(NCc1cnc(C2CCCCO2)nc1)c1n[nH]c2c1CCC2. The maximum absolute atomic E-state index is 12.3. The number of H-pyrrole nitrogens is 1. The van der Waals surface area contributed by atoms with Crippen LogP contribution in [0.1, 0.15) is 64.9 Å². The first kappa shape index (κ1) is 15.3. The molecule has 1 unspecified atom stereocenters. The normalized spacial score (nSPS) is 19.9. The van der Waals surface area contributed by atoms with Gasteiger partial charge in [0, 0.05) is 42.4 Å². The van der Waals surface area contributed by atoms with Gasteiger partial charge in [-0.2, -0.15) is 5.10 Å². The lowest BCUT2D eigenvalue weighted by Gasteiger charge is -2.21. The van der Waals surface area contributed by atoms with E-state index in [0.717, 1.165) is 67.8 Å². The fraction of sp³-hybridized carbons (Fsp3) is 0.529. The van der Waals surface area contributed by atoms with Crippen LogP contribution in [0.4, 0.5) is 0 Å². The Morgan fingerprint density at radius 1 is 1.25 bits per heavy atom. The fourth-order valence-corrected chi connectivity index (χ4v) is 3.34. The van der Waals surface area contributed by atoms with E-state index >= 15 is 0 Å². The van der Waals surface area contributed by atoms with Gasteiger partial charge in [-0.25, -0.2) is 9.97 Å². The van der Waals surface area contributed by atoms with Gasteiger partial charge in [0.15, 0.2) is 11.5 Å². The van der Waals surface area contributed by atoms with Crippen LogP contribution in [0.15, 0.2) is 12.4 Å². The lowest BCUT2D eigenvalue weighted by Crippen LogP contribution is -2.24. The maximum Gasteiger partial charge on any atom is 0.272 e. The van der Waals surface area contributed by atoms with Gasteiger partial charge in [0.05, 0.1) is 0 Å². The molecule has 0 aromatic carbocycles. The molecule has 0 radical (unpaired) electrons. The zero-order valence-electron chi connectivity index (χ0n) is 13.5. The number of nitrogens with one attached hydrogen (secondary N) is 2. The van der Waals surface area contributed by atoms with E-state index in [0.29, 0.717) is 12.2 Å². The minimum atomic E-state index is -0.144. The number of ether oxygens (including phenoxy) is 1. The molecule has 0 spiro atoms. The van der Waals surface area contributed by atoms with E-state index < -0.39 is 0 Å². The van der Waals surface area contributed by atoms with E-state index in [1.165, 1.54) is 0 Å². The second-order valence-corrected chi connectivity index (χ2v) is 6.37. The largest absolute Gasteiger partial charge is 0.370 e. The van der Waals surface area contributed by atoms with Gasteiger partial charge < -0.3 is 10.1 Å². The summed E-state index contributed by atoms with van der Waals surface area (Å²) in [4.78, 5) is 21.1. The molecule has 2 aromatic heterocycles. The number of rotatable bonds is 4. The average molecular weight is 327 g/mol. The number of fused-ring (bicyclic) bond motifs is 1. The quantitative estimate of drug-likeness (QED) is 0.894. The second-order valence-electron chi connectivity index (χ2n) is 6.37. The van der Waals surface area contributed by atoms with Crippen molar-refractivity contribution >= 4 is 5.91 Å². The Hall–Kier alpha value is -2.28. The minimum absolute atomic E-state index is 0.00837. The highest BCUT2D eigenvalue weighted by Crippen LogP contribution is 2.25. The third kappa shape index (κ3) is 3.03. The molecule has 1 fully saturated rings. The molecule has 1 amide bonds. The van der Waals surface area contributed by atoms with Crippen molar-refractivity contribution in [1.82, 2.24) is 25.5 Å². The first-order valence-corrected chi connectivity index (χ1v) is 8.58. The molecule has 2 N–H and O–H groups in total. The number of hydrogen-bond donors (Lipinski definition) is 2. The van der Waals surface area contributed by atoms with E-state index in [1.807, 2.05) is 0 Å². The number of amides is 1. The number of hydrogen-bond acceptors (Lipinski definition) is 5. The van der Waals surface area contributed by atoms with E-state index in [9.17, 15) is 4.79 Å². The molecular formula is C17H21N5O2. The summed E-state index contributed by atoms with van der Waals surface area (Å²) >= 11 is 0. The Balaban J connectivity index is 1.36. The summed E-state index contributed by atoms with van der Waals surface area (Å²) in [5.74, 6) is 0.587. The Bertz CT molecular complexity index is 719. The van der Waals surface area contributed by atoms with E-state index in [-0.39, 0.29) is 12.0 Å². The highest BCUT2D eigenvalue weighted by molar-refractivity contribution is 5.94. The smallest absolute Gasteiger partial charge is 0.272 e. The predicted molar refractivity (Wildman–Crippen MR) is 86.4 cm³/mol. The van der Waals surface area contributed by atoms with Gasteiger partial charge in [0.25, 0.3) is 5.91 Å². The van der Waals surface area contributed by atoms with Crippen LogP contribution < -0.4 is 5.32 Å². The fourth-order valence-electron chi connectivity index (χ4n) is 3.34. The van der Waals surface area contributed by atoms with Gasteiger partial charge in [-0.3, -0.25) is 9.89 Å². The Labute approximate surface area is 140 Å². The first-order valence-electron chi connectivity index (χ1n) is 8.58. The van der Waals surface area contributed by atoms with E-state index in [4.69, 9.17) is 4.74 Å². The van der Waals surface area contributed by atoms with Crippen LogP contribution in [0, 0.1) is 0 Å². The molecule has 1 atom stereocenters. The molecule has 1 aliphatic heterocycles. The molecule has 1 saturated heterocycles. The molecule has 1 aliphatic carbocycles. The van der Waals surface area contributed by atoms with Gasteiger partial charge in [0.2, 0.25) is 0 Å². The Morgan fingerprint density at radius 2 is 2.12 bits per heavy atom. The van der Waals surface area contributed by atoms with Gasteiger partial charge in [-0.15, -0.1) is 0 Å². The number of aryl methyl sites for hydroxylation is 1. The number of carbonyl (C=O) groups is 1. The first-order chi connectivity index (χ1) is 11.8. The summed E-state index contributed by atoms with van der Waals surface area (Å²) in [7, 11) is 0. The Morgan fingerprint density at radius 3 is 2.92 bits per heavy atom. The lowest BCUT2D eigenvalue weighted by atomic mass is 10.1. The molecule has 24 heavy (non-hydrogen) atoms. The molecule has 126 valence electrons. The van der Waals surface area contributed by atoms with Gasteiger partial charge in [-0.1, -0.05) is 0 Å². The molecular weight excluding hydrogens is 306 g/mol. The van der Waals surface area contributed by atoms with Crippen molar-refractivity contribution in [2.75, 3.05) is 6.61 Å². The van der Waals surface area contributed by atoms with E-state index in [2.05, 4.69) is 25.5 Å². The Kier molecular flexibility index (Phi) is 4.25. The zero-order chi connectivity index (χ0) is 16.4. The molecule has 0 saturated carbocycles. The standard InChI is InChI=1S/C17H21N5O2/c23-17(15-12-4-3-5-13(12)21-22-15)20-10-11-8-18-16(19-9-11)14-6-1-2-7-24-14/h8-9,14H,1-7,10H2,(H,20,23)(H,21,22). The van der Waals surface area contributed by atoms with Gasteiger partial charge in [0.1, 0.15) is 6.10 Å². The van der Waals surface area contributed by atoms with Crippen LogP contribution in [0.2, 0.25) is 0 Å². The van der Waals surface area contributed by atoms with Crippen molar-refractivity contribution in [3.8, 4) is 0 Å². The summed E-state index contributed by atoms with van der Waals surface area (Å²) in [5.41, 5.74) is 3.56. The van der Waals surface area contributed by atoms with Crippen molar-refractivity contribution in [3.05, 3.63) is 40.7 Å². The third-order valence-corrected chi connectivity index (χ3v) is 4.67. The number of carbonyl (C=O) groups excluding carboxylic acids is 1. The van der Waals surface area contributed by atoms with Crippen molar-refractivity contribution < 1.29 is 9.53 Å². The summed E-state index contributed by atoms with van der Waals surface area (Å²) < 4.78 is 5.69. The molecule has 2 aromatic rings. The average Bonchev–Trinajstić information content (AvgIpc) is 3.24. The van der Waals surface area contributed by atoms with Crippen LogP contribution in [0.5, 0.6) is 0 Å². The van der Waals surface area contributed by atoms with Crippen molar-refractivity contribution in [1.29, 1.82) is 0 Å². The highest BCUT2D eigenvalue weighted by Gasteiger charge is 2.23. The lowest BCUT2D eigenvalue weighted by molar-refractivity contribution is 0.00940. The van der Waals surface area contributed by atoms with Crippen LogP contribution >= 0.6 is 0 Å². The third-order valence-electron chi connectivity index (χ3n) is 4.67. The summed E-state index contributed by atoms with van der Waals surface area (Å²) in [6.45, 7) is 1.17. The number of aromatic amines is 1. The molecule has 2 aliphatic rings. The predicted octanol–water partition coefficient (Wildman–Crippen LogP) is 1.86. The minimum Gasteiger partial charge on any atom is -0.370 e. The summed E-state index contributed by atoms with van der Waals surface area (Å²) in [5, 5.41) is 10.00. The number of aromatic nitrogens is 4. The van der Waals surface area contributed by atoms with Crippen molar-refractivity contribution in [2.45, 2.75) is 51.2 Å². The molecule has 0 bridgehead atoms. The van der Waals surface area contributed by atoms with Crippen molar-refractivity contribution in [3.63, 3.8) is 0 Å². The molecule has 7 nitrogen and oxygen atoms in total. The molecule has 7 heteroatoms. The van der Waals surface area contributed by atoms with Crippen LogP contribution in [-0.2, 0) is 24.1 Å².